The Balaban J connectivity index is 1.59. The molecule has 4 aliphatic heterocycles. The van der Waals surface area contributed by atoms with Gasteiger partial charge in [-0.2, -0.15) is 0 Å². The van der Waals surface area contributed by atoms with Crippen LogP contribution in [0, 0.1) is 17.8 Å². The Hall–Kier alpha value is -0.393. The van der Waals surface area contributed by atoms with Crippen molar-refractivity contribution in [3.05, 3.63) is 0 Å². The molecule has 4 saturated heterocycles. The zero-order valence-corrected chi connectivity index (χ0v) is 27.0. The maximum atomic E-state index is 14.0. The van der Waals surface area contributed by atoms with E-state index in [1.54, 1.807) is 0 Å². The number of aliphatic hydroxyl groups excluding tert-OH is 1. The molecule has 220 valence electrons. The molecule has 4 aliphatic rings. The molecule has 38 heavy (non-hydrogen) atoms. The van der Waals surface area contributed by atoms with Gasteiger partial charge in [0.05, 0.1) is 36.4 Å². The number of carbonyl (C=O) groups excluding carboxylic acids is 1. The lowest BCUT2D eigenvalue weighted by atomic mass is 9.68. The van der Waals surface area contributed by atoms with Crippen LogP contribution in [0.5, 0.6) is 0 Å². The fourth-order valence-electron chi connectivity index (χ4n) is 7.18. The maximum absolute atomic E-state index is 14.0. The Kier molecular flexibility index (Phi) is 7.28. The van der Waals surface area contributed by atoms with Gasteiger partial charge in [0.25, 0.3) is 0 Å². The Morgan fingerprint density at radius 1 is 0.947 bits per heavy atom. The minimum absolute atomic E-state index is 0.0101. The van der Waals surface area contributed by atoms with E-state index in [0.29, 0.717) is 0 Å². The van der Waals surface area contributed by atoms with Gasteiger partial charge in [0.1, 0.15) is 17.3 Å². The van der Waals surface area contributed by atoms with Crippen LogP contribution in [0.1, 0.15) is 83.1 Å². The number of hydrogen-bond acceptors (Lipinski definition) is 8. The highest BCUT2D eigenvalue weighted by atomic mass is 28.4. The summed E-state index contributed by atoms with van der Waals surface area (Å²) in [7, 11) is -2.14. The van der Waals surface area contributed by atoms with Crippen molar-refractivity contribution in [3.63, 3.8) is 0 Å². The molecule has 4 fully saturated rings. The SMILES string of the molecule is C[C@@H]([C@@H](O)[C@@H]1C(=O)[C@]2(C)O[C@H]1[C@H](C)[C@H]2O[Si](C)(C)C(C)(C)C)[C@H]1OC(C)(C)O[C@@]1(C)[C@H]1OC(C)(C)O[C@H]1C. The van der Waals surface area contributed by atoms with Gasteiger partial charge in [-0.25, -0.2) is 0 Å². The molecule has 0 aromatic rings. The van der Waals surface area contributed by atoms with Crippen molar-refractivity contribution in [1.29, 1.82) is 0 Å². The first-order valence-corrected chi connectivity index (χ1v) is 17.2. The third-order valence-electron chi connectivity index (χ3n) is 9.99. The van der Waals surface area contributed by atoms with Crippen LogP contribution in [-0.2, 0) is 32.9 Å². The first-order chi connectivity index (χ1) is 17.0. The second-order valence-electron chi connectivity index (χ2n) is 15.1. The molecule has 9 heteroatoms. The summed E-state index contributed by atoms with van der Waals surface area (Å²) in [5.41, 5.74) is -1.98. The van der Waals surface area contributed by atoms with E-state index in [2.05, 4.69) is 40.8 Å². The number of hydrogen-bond donors (Lipinski definition) is 1. The van der Waals surface area contributed by atoms with Crippen molar-refractivity contribution < 1.29 is 38.0 Å². The highest BCUT2D eigenvalue weighted by Gasteiger charge is 2.70. The summed E-state index contributed by atoms with van der Waals surface area (Å²) in [5.74, 6) is -2.87. The smallest absolute Gasteiger partial charge is 0.192 e. The molecular formula is C29H52O8Si. The lowest BCUT2D eigenvalue weighted by molar-refractivity contribution is -0.200. The van der Waals surface area contributed by atoms with Gasteiger partial charge >= 0.3 is 0 Å². The minimum atomic E-state index is -2.14. The Morgan fingerprint density at radius 2 is 1.53 bits per heavy atom. The first-order valence-electron chi connectivity index (χ1n) is 14.3. The molecule has 11 atom stereocenters. The first kappa shape index (κ1) is 30.6. The molecule has 0 spiro atoms. The van der Waals surface area contributed by atoms with Crippen LogP contribution < -0.4 is 0 Å². The van der Waals surface area contributed by atoms with Crippen molar-refractivity contribution in [2.24, 2.45) is 17.8 Å². The van der Waals surface area contributed by atoms with Gasteiger partial charge in [-0.15, -0.1) is 0 Å². The number of carbonyl (C=O) groups is 1. The van der Waals surface area contributed by atoms with Crippen molar-refractivity contribution in [1.82, 2.24) is 0 Å². The Morgan fingerprint density at radius 3 is 2.03 bits per heavy atom. The van der Waals surface area contributed by atoms with E-state index in [1.807, 2.05) is 55.4 Å². The molecule has 4 rings (SSSR count). The van der Waals surface area contributed by atoms with Gasteiger partial charge < -0.3 is 33.2 Å². The third-order valence-corrected chi connectivity index (χ3v) is 14.4. The van der Waals surface area contributed by atoms with Gasteiger partial charge in [-0.3, -0.25) is 4.79 Å². The molecule has 0 amide bonds. The van der Waals surface area contributed by atoms with E-state index in [4.69, 9.17) is 28.1 Å². The average Bonchev–Trinajstić information content (AvgIpc) is 3.36. The summed E-state index contributed by atoms with van der Waals surface area (Å²) >= 11 is 0. The predicted octanol–water partition coefficient (Wildman–Crippen LogP) is 4.82. The van der Waals surface area contributed by atoms with Gasteiger partial charge in [0, 0.05) is 11.8 Å². The van der Waals surface area contributed by atoms with Gasteiger partial charge in [-0.05, 0) is 66.6 Å². The largest absolute Gasteiger partial charge is 0.410 e. The summed E-state index contributed by atoms with van der Waals surface area (Å²) < 4.78 is 38.5. The number of rotatable bonds is 6. The lowest BCUT2D eigenvalue weighted by Crippen LogP contribution is -2.60. The van der Waals surface area contributed by atoms with Crippen molar-refractivity contribution in [2.45, 2.75) is 161 Å². The monoisotopic (exact) mass is 556 g/mol. The van der Waals surface area contributed by atoms with E-state index in [-0.39, 0.29) is 28.9 Å². The fraction of sp³-hybridized carbons (Fsp3) is 0.966. The molecular weight excluding hydrogens is 504 g/mol. The quantitative estimate of drug-likeness (QED) is 0.466. The highest BCUT2D eigenvalue weighted by Crippen LogP contribution is 2.55. The number of fused-ring (bicyclic) bond motifs is 2. The second kappa shape index (κ2) is 9.05. The number of Topliss-reactive ketones (excluding diaryl/α,β-unsaturated/α-hetero) is 1. The number of aliphatic hydroxyl groups is 1. The normalized spacial score (nSPS) is 46.1. The van der Waals surface area contributed by atoms with Crippen LogP contribution in [0.25, 0.3) is 0 Å². The zero-order chi connectivity index (χ0) is 29.0. The lowest BCUT2D eigenvalue weighted by Gasteiger charge is -2.45. The standard InChI is InChI=1S/C29H52O8Si/c1-15(22-29(12,37-27(9,10)34-22)24-17(3)32-26(7,8)35-24)19(30)18-20-16(2)23(28(11,33-20)21(18)31)36-38(13,14)25(4,5)6/h15-20,22-24,30H,1-14H3/t15-,16-,17-,18-,19+,20-,22+,23+,24-,28-,29+/m0/s1. The van der Waals surface area contributed by atoms with Gasteiger partial charge in [0.15, 0.2) is 25.7 Å². The van der Waals surface area contributed by atoms with Crippen molar-refractivity contribution >= 4 is 14.1 Å². The minimum Gasteiger partial charge on any atom is -0.410 e. The van der Waals surface area contributed by atoms with Crippen LogP contribution in [0.4, 0.5) is 0 Å². The third kappa shape index (κ3) is 4.67. The molecule has 2 bridgehead atoms. The molecule has 8 nitrogen and oxygen atoms in total. The number of ketones is 1. The molecule has 0 aliphatic carbocycles. The average molecular weight is 557 g/mol. The summed E-state index contributed by atoms with van der Waals surface area (Å²) in [6, 6.07) is 0. The maximum Gasteiger partial charge on any atom is 0.192 e. The molecule has 0 aromatic heterocycles. The van der Waals surface area contributed by atoms with Crippen LogP contribution in [-0.4, -0.2) is 78.6 Å². The molecule has 0 radical (unpaired) electrons. The molecule has 0 unspecified atom stereocenters. The van der Waals surface area contributed by atoms with Gasteiger partial charge in [-0.1, -0.05) is 34.6 Å². The molecule has 4 heterocycles. The summed E-state index contributed by atoms with van der Waals surface area (Å²) in [6.45, 7) is 28.3. The van der Waals surface area contributed by atoms with Crippen LogP contribution in [0.2, 0.25) is 18.1 Å². The Bertz CT molecular complexity index is 943. The molecule has 0 aromatic carbocycles. The summed E-state index contributed by atoms with van der Waals surface area (Å²) in [6.07, 6.45) is -2.93. The van der Waals surface area contributed by atoms with E-state index in [0.717, 1.165) is 0 Å². The van der Waals surface area contributed by atoms with E-state index >= 15 is 0 Å². The molecule has 0 saturated carbocycles. The predicted molar refractivity (Wildman–Crippen MR) is 146 cm³/mol. The topological polar surface area (TPSA) is 92.7 Å². The fourth-order valence-corrected chi connectivity index (χ4v) is 8.61. The van der Waals surface area contributed by atoms with E-state index in [1.165, 1.54) is 0 Å². The van der Waals surface area contributed by atoms with Crippen molar-refractivity contribution in [3.8, 4) is 0 Å². The Labute approximate surface area is 230 Å². The molecule has 1 N–H and O–H groups in total. The van der Waals surface area contributed by atoms with E-state index < -0.39 is 67.3 Å². The number of ether oxygens (including phenoxy) is 5. The van der Waals surface area contributed by atoms with Gasteiger partial charge in [0.2, 0.25) is 0 Å². The van der Waals surface area contributed by atoms with Crippen LogP contribution in [0.3, 0.4) is 0 Å². The highest BCUT2D eigenvalue weighted by molar-refractivity contribution is 6.74. The summed E-state index contributed by atoms with van der Waals surface area (Å²) in [4.78, 5) is 14.0. The second-order valence-corrected chi connectivity index (χ2v) is 19.8. The van der Waals surface area contributed by atoms with Crippen molar-refractivity contribution in [2.75, 3.05) is 0 Å². The zero-order valence-electron chi connectivity index (χ0n) is 26.0. The van der Waals surface area contributed by atoms with E-state index in [9.17, 15) is 9.90 Å². The van der Waals surface area contributed by atoms with Crippen LogP contribution in [0.15, 0.2) is 0 Å². The van der Waals surface area contributed by atoms with Crippen LogP contribution >= 0.6 is 0 Å². The summed E-state index contributed by atoms with van der Waals surface area (Å²) in [5, 5.41) is 11.8.